The van der Waals surface area contributed by atoms with Crippen molar-refractivity contribution < 1.29 is 0 Å². The Morgan fingerprint density at radius 3 is 2.86 bits per heavy atom. The first kappa shape index (κ1) is 9.48. The lowest BCUT2D eigenvalue weighted by molar-refractivity contribution is 0.801. The number of aromatic nitrogens is 3. The van der Waals surface area contributed by atoms with Gasteiger partial charge in [0.15, 0.2) is 5.82 Å². The lowest BCUT2D eigenvalue weighted by Crippen LogP contribution is -1.96. The molecule has 1 heterocycles. The van der Waals surface area contributed by atoms with Crippen molar-refractivity contribution in [3.8, 4) is 5.69 Å². The van der Waals surface area contributed by atoms with Crippen LogP contribution in [-0.2, 0) is 0 Å². The molecule has 0 spiro atoms. The van der Waals surface area contributed by atoms with Gasteiger partial charge in [0.1, 0.15) is 0 Å². The first-order valence-electron chi connectivity index (χ1n) is 3.80. The smallest absolute Gasteiger partial charge is 0.166 e. The number of nitrogen functional groups attached to an aromatic ring is 1. The molecule has 0 amide bonds. The van der Waals surface area contributed by atoms with Crippen LogP contribution in [0, 0.1) is 0 Å². The second-order valence-electron chi connectivity index (χ2n) is 2.66. The molecule has 0 aliphatic carbocycles. The minimum Gasteiger partial charge on any atom is -0.381 e. The van der Waals surface area contributed by atoms with Crippen LogP contribution in [0.1, 0.15) is 0 Å². The third-order valence-corrected chi connectivity index (χ3v) is 3.07. The van der Waals surface area contributed by atoms with Crippen LogP contribution in [0.5, 0.6) is 0 Å². The van der Waals surface area contributed by atoms with E-state index in [-0.39, 0.29) is 0 Å². The maximum atomic E-state index is 5.93. The number of benzene rings is 1. The summed E-state index contributed by atoms with van der Waals surface area (Å²) in [5.41, 5.74) is 6.27. The molecule has 0 saturated carbocycles. The number of nitrogens with two attached hydrogens (primary N) is 1. The van der Waals surface area contributed by atoms with Crippen LogP contribution in [0.2, 0.25) is 5.02 Å². The number of nitrogens with zero attached hydrogens (tertiary/aromatic N) is 3. The molecule has 0 atom stereocenters. The second kappa shape index (κ2) is 3.59. The molecule has 2 aromatic rings. The zero-order chi connectivity index (χ0) is 10.1. The summed E-state index contributed by atoms with van der Waals surface area (Å²) in [4.78, 5) is 0. The zero-order valence-electron chi connectivity index (χ0n) is 6.98. The SMILES string of the molecule is Nc1cn(-c2cccc(Cl)c2Br)nn1. The molecular formula is C8H6BrClN4. The van der Waals surface area contributed by atoms with E-state index in [2.05, 4.69) is 26.2 Å². The number of hydrogen-bond donors (Lipinski definition) is 1. The molecule has 0 unspecified atom stereocenters. The van der Waals surface area contributed by atoms with E-state index in [0.717, 1.165) is 10.2 Å². The van der Waals surface area contributed by atoms with E-state index in [1.54, 1.807) is 16.9 Å². The summed E-state index contributed by atoms with van der Waals surface area (Å²) in [7, 11) is 0. The van der Waals surface area contributed by atoms with Crippen molar-refractivity contribution in [1.29, 1.82) is 0 Å². The third kappa shape index (κ3) is 1.60. The molecular weight excluding hydrogens is 267 g/mol. The summed E-state index contributed by atoms with van der Waals surface area (Å²) < 4.78 is 2.33. The first-order chi connectivity index (χ1) is 6.68. The fourth-order valence-corrected chi connectivity index (χ4v) is 1.68. The van der Waals surface area contributed by atoms with Gasteiger partial charge in [0.2, 0.25) is 0 Å². The second-order valence-corrected chi connectivity index (χ2v) is 3.86. The van der Waals surface area contributed by atoms with Crippen LogP contribution < -0.4 is 5.73 Å². The molecule has 0 fully saturated rings. The molecule has 6 heteroatoms. The average Bonchev–Trinajstić information content (AvgIpc) is 2.57. The highest BCUT2D eigenvalue weighted by atomic mass is 79.9. The third-order valence-electron chi connectivity index (χ3n) is 1.69. The van der Waals surface area contributed by atoms with E-state index >= 15 is 0 Å². The van der Waals surface area contributed by atoms with Crippen LogP contribution in [0.25, 0.3) is 5.69 Å². The minimum absolute atomic E-state index is 0.372. The van der Waals surface area contributed by atoms with Crippen LogP contribution in [0.4, 0.5) is 5.82 Å². The predicted octanol–water partition coefficient (Wildman–Crippen LogP) is 2.27. The maximum absolute atomic E-state index is 5.93. The lowest BCUT2D eigenvalue weighted by Gasteiger charge is -2.03. The molecule has 72 valence electrons. The number of rotatable bonds is 1. The molecule has 0 aliphatic heterocycles. The van der Waals surface area contributed by atoms with Crippen molar-refractivity contribution in [3.63, 3.8) is 0 Å². The van der Waals surface area contributed by atoms with Gasteiger partial charge >= 0.3 is 0 Å². The summed E-state index contributed by atoms with van der Waals surface area (Å²) in [6.07, 6.45) is 1.62. The fraction of sp³-hybridized carbons (Fsp3) is 0. The van der Waals surface area contributed by atoms with Gasteiger partial charge in [0.25, 0.3) is 0 Å². The average molecular weight is 274 g/mol. The quantitative estimate of drug-likeness (QED) is 0.867. The van der Waals surface area contributed by atoms with Crippen molar-refractivity contribution >= 4 is 33.3 Å². The van der Waals surface area contributed by atoms with Crippen molar-refractivity contribution in [3.05, 3.63) is 33.9 Å². The molecule has 4 nitrogen and oxygen atoms in total. The van der Waals surface area contributed by atoms with Crippen molar-refractivity contribution in [2.75, 3.05) is 5.73 Å². The number of halogens is 2. The van der Waals surface area contributed by atoms with Gasteiger partial charge in [-0.3, -0.25) is 0 Å². The summed E-state index contributed by atoms with van der Waals surface area (Å²) in [5, 5.41) is 8.15. The van der Waals surface area contributed by atoms with Gasteiger partial charge in [-0.2, -0.15) is 0 Å². The van der Waals surface area contributed by atoms with Gasteiger partial charge in [-0.05, 0) is 28.1 Å². The Bertz CT molecular complexity index is 468. The zero-order valence-corrected chi connectivity index (χ0v) is 9.33. The molecule has 1 aromatic carbocycles. The maximum Gasteiger partial charge on any atom is 0.166 e. The summed E-state index contributed by atoms with van der Waals surface area (Å²) in [5.74, 6) is 0.372. The highest BCUT2D eigenvalue weighted by Gasteiger charge is 2.06. The van der Waals surface area contributed by atoms with Crippen LogP contribution in [0.3, 0.4) is 0 Å². The Hall–Kier alpha value is -1.07. The van der Waals surface area contributed by atoms with Gasteiger partial charge in [-0.25, -0.2) is 4.68 Å². The first-order valence-corrected chi connectivity index (χ1v) is 4.98. The molecule has 0 bridgehead atoms. The monoisotopic (exact) mass is 272 g/mol. The Morgan fingerprint density at radius 2 is 2.21 bits per heavy atom. The Balaban J connectivity index is 2.57. The van der Waals surface area contributed by atoms with Gasteiger partial charge in [0.05, 0.1) is 21.4 Å². The largest absolute Gasteiger partial charge is 0.381 e. The van der Waals surface area contributed by atoms with Crippen molar-refractivity contribution in [2.45, 2.75) is 0 Å². The van der Waals surface area contributed by atoms with Gasteiger partial charge < -0.3 is 5.73 Å². The van der Waals surface area contributed by atoms with Gasteiger partial charge in [0, 0.05) is 0 Å². The van der Waals surface area contributed by atoms with E-state index in [0.29, 0.717) is 10.8 Å². The Labute approximate surface area is 93.8 Å². The normalized spacial score (nSPS) is 10.4. The molecule has 2 N–H and O–H groups in total. The molecule has 0 saturated heterocycles. The standard InChI is InChI=1S/C8H6BrClN4/c9-8-5(10)2-1-3-6(8)14-4-7(11)12-13-14/h1-4H,11H2. The van der Waals surface area contributed by atoms with E-state index in [4.69, 9.17) is 17.3 Å². The number of anilines is 1. The van der Waals surface area contributed by atoms with Crippen molar-refractivity contribution in [2.24, 2.45) is 0 Å². The minimum atomic E-state index is 0.372. The Morgan fingerprint density at radius 1 is 1.43 bits per heavy atom. The molecule has 1 aromatic heterocycles. The Kier molecular flexibility index (Phi) is 2.43. The highest BCUT2D eigenvalue weighted by molar-refractivity contribution is 9.10. The summed E-state index contributed by atoms with van der Waals surface area (Å²) in [6.45, 7) is 0. The van der Waals surface area contributed by atoms with Gasteiger partial charge in [-0.15, -0.1) is 5.10 Å². The summed E-state index contributed by atoms with van der Waals surface area (Å²) >= 11 is 9.30. The van der Waals surface area contributed by atoms with Crippen LogP contribution >= 0.6 is 27.5 Å². The molecule has 2 rings (SSSR count). The molecule has 14 heavy (non-hydrogen) atoms. The van der Waals surface area contributed by atoms with E-state index in [1.165, 1.54) is 0 Å². The molecule has 0 radical (unpaired) electrons. The van der Waals surface area contributed by atoms with Crippen molar-refractivity contribution in [1.82, 2.24) is 15.0 Å². The molecule has 0 aliphatic rings. The summed E-state index contributed by atoms with van der Waals surface area (Å²) in [6, 6.07) is 5.49. The van der Waals surface area contributed by atoms with Gasteiger partial charge in [-0.1, -0.05) is 22.9 Å². The topological polar surface area (TPSA) is 56.7 Å². The van der Waals surface area contributed by atoms with E-state index < -0.39 is 0 Å². The van der Waals surface area contributed by atoms with E-state index in [9.17, 15) is 0 Å². The lowest BCUT2D eigenvalue weighted by atomic mass is 10.3. The predicted molar refractivity (Wildman–Crippen MR) is 58.5 cm³/mol. The van der Waals surface area contributed by atoms with Crippen LogP contribution in [-0.4, -0.2) is 15.0 Å². The van der Waals surface area contributed by atoms with Crippen LogP contribution in [0.15, 0.2) is 28.9 Å². The number of hydrogen-bond acceptors (Lipinski definition) is 3. The van der Waals surface area contributed by atoms with E-state index in [1.807, 2.05) is 12.1 Å². The highest BCUT2D eigenvalue weighted by Crippen LogP contribution is 2.28. The fourth-order valence-electron chi connectivity index (χ4n) is 1.06.